The Morgan fingerprint density at radius 1 is 1.05 bits per heavy atom. The Labute approximate surface area is 139 Å². The molecule has 1 atom stereocenters. The van der Waals surface area contributed by atoms with Crippen LogP contribution in [-0.4, -0.2) is 0 Å². The molecule has 0 saturated heterocycles. The Morgan fingerprint density at radius 2 is 1.62 bits per heavy atom. The number of halogens is 4. The molecule has 0 aliphatic carbocycles. The first-order valence-corrected chi connectivity index (χ1v) is 7.81. The van der Waals surface area contributed by atoms with Gasteiger partial charge in [-0.25, -0.2) is 4.39 Å². The second-order valence-corrected chi connectivity index (χ2v) is 6.04. The van der Waals surface area contributed by atoms with E-state index in [1.54, 1.807) is 12.1 Å². The summed E-state index contributed by atoms with van der Waals surface area (Å²) in [6.07, 6.45) is 1.93. The fraction of sp³-hybridized carbons (Fsp3) is 0.250. The van der Waals surface area contributed by atoms with Gasteiger partial charge in [-0.15, -0.1) is 0 Å². The zero-order valence-electron chi connectivity index (χ0n) is 11.5. The summed E-state index contributed by atoms with van der Waals surface area (Å²) in [6, 6.07) is 10.8. The third-order valence-corrected chi connectivity index (χ3v) is 3.98. The molecular weight excluding hydrogens is 332 g/mol. The Kier molecular flexibility index (Phi) is 5.74. The van der Waals surface area contributed by atoms with Crippen molar-refractivity contribution < 1.29 is 4.39 Å². The molecule has 0 heterocycles. The van der Waals surface area contributed by atoms with E-state index in [9.17, 15) is 4.39 Å². The summed E-state index contributed by atoms with van der Waals surface area (Å²) in [6.45, 7) is 2.11. The predicted octanol–water partition coefficient (Wildman–Crippen LogP) is 6.74. The van der Waals surface area contributed by atoms with Crippen molar-refractivity contribution in [2.45, 2.75) is 25.8 Å². The zero-order chi connectivity index (χ0) is 15.4. The third kappa shape index (κ3) is 4.26. The summed E-state index contributed by atoms with van der Waals surface area (Å²) >= 11 is 17.6. The van der Waals surface area contributed by atoms with Gasteiger partial charge in [0, 0.05) is 10.7 Å². The van der Waals surface area contributed by atoms with Crippen molar-refractivity contribution in [3.63, 3.8) is 0 Å². The van der Waals surface area contributed by atoms with Crippen LogP contribution in [0.2, 0.25) is 15.1 Å². The molecule has 112 valence electrons. The van der Waals surface area contributed by atoms with Crippen molar-refractivity contribution in [1.29, 1.82) is 0 Å². The van der Waals surface area contributed by atoms with Crippen LogP contribution in [-0.2, 0) is 0 Å². The molecule has 2 aromatic carbocycles. The Bertz CT molecular complexity index is 590. The van der Waals surface area contributed by atoms with Crippen molar-refractivity contribution >= 4 is 40.5 Å². The van der Waals surface area contributed by atoms with Gasteiger partial charge < -0.3 is 5.32 Å². The number of anilines is 1. The maximum atomic E-state index is 13.5. The van der Waals surface area contributed by atoms with Gasteiger partial charge in [0.25, 0.3) is 0 Å². The topological polar surface area (TPSA) is 12.0 Å². The molecule has 0 fully saturated rings. The number of benzene rings is 2. The SMILES string of the molecule is CCCC(Nc1cc(Cl)c(F)c(Cl)c1)c1ccc(Cl)cc1. The lowest BCUT2D eigenvalue weighted by atomic mass is 10.0. The molecule has 1 nitrogen and oxygen atoms in total. The van der Waals surface area contributed by atoms with Crippen molar-refractivity contribution in [2.75, 3.05) is 5.32 Å². The van der Waals surface area contributed by atoms with Crippen LogP contribution in [0.3, 0.4) is 0 Å². The summed E-state index contributed by atoms with van der Waals surface area (Å²) in [5.74, 6) is -0.595. The summed E-state index contributed by atoms with van der Waals surface area (Å²) in [5.41, 5.74) is 1.80. The molecular formula is C16H15Cl3FN. The predicted molar refractivity (Wildman–Crippen MR) is 89.1 cm³/mol. The monoisotopic (exact) mass is 345 g/mol. The number of hydrogen-bond donors (Lipinski definition) is 1. The molecule has 1 unspecified atom stereocenters. The van der Waals surface area contributed by atoms with Gasteiger partial charge in [0.1, 0.15) is 0 Å². The van der Waals surface area contributed by atoms with E-state index in [4.69, 9.17) is 34.8 Å². The summed E-state index contributed by atoms with van der Waals surface area (Å²) < 4.78 is 13.5. The van der Waals surface area contributed by atoms with E-state index in [1.807, 2.05) is 24.3 Å². The average Bonchev–Trinajstić information content (AvgIpc) is 2.45. The van der Waals surface area contributed by atoms with Gasteiger partial charge in [-0.2, -0.15) is 0 Å². The number of rotatable bonds is 5. The van der Waals surface area contributed by atoms with Crippen LogP contribution >= 0.6 is 34.8 Å². The van der Waals surface area contributed by atoms with Crippen molar-refractivity contribution in [1.82, 2.24) is 0 Å². The quantitative estimate of drug-likeness (QED) is 0.591. The second-order valence-electron chi connectivity index (χ2n) is 4.79. The second kappa shape index (κ2) is 7.35. The van der Waals surface area contributed by atoms with Gasteiger partial charge in [0.15, 0.2) is 5.82 Å². The smallest absolute Gasteiger partial charge is 0.160 e. The number of nitrogens with one attached hydrogen (secondary N) is 1. The molecule has 0 amide bonds. The van der Waals surface area contributed by atoms with Crippen LogP contribution in [0.5, 0.6) is 0 Å². The fourth-order valence-electron chi connectivity index (χ4n) is 2.15. The van der Waals surface area contributed by atoms with E-state index in [2.05, 4.69) is 12.2 Å². The molecule has 0 aliphatic rings. The van der Waals surface area contributed by atoms with Crippen molar-refractivity contribution in [2.24, 2.45) is 0 Å². The Hall–Kier alpha value is -0.960. The minimum Gasteiger partial charge on any atom is -0.378 e. The highest BCUT2D eigenvalue weighted by Gasteiger charge is 2.13. The van der Waals surface area contributed by atoms with Gasteiger partial charge in [-0.3, -0.25) is 0 Å². The zero-order valence-corrected chi connectivity index (χ0v) is 13.7. The highest BCUT2D eigenvalue weighted by Crippen LogP contribution is 2.31. The van der Waals surface area contributed by atoms with Gasteiger partial charge in [-0.1, -0.05) is 60.3 Å². The first-order valence-electron chi connectivity index (χ1n) is 6.67. The molecule has 0 radical (unpaired) electrons. The van der Waals surface area contributed by atoms with Crippen LogP contribution in [0.15, 0.2) is 36.4 Å². The first-order chi connectivity index (χ1) is 10.0. The molecule has 0 spiro atoms. The molecule has 0 bridgehead atoms. The highest BCUT2D eigenvalue weighted by molar-refractivity contribution is 6.35. The van der Waals surface area contributed by atoms with Gasteiger partial charge in [-0.05, 0) is 36.2 Å². The lowest BCUT2D eigenvalue weighted by molar-refractivity contribution is 0.628. The molecule has 2 rings (SSSR count). The van der Waals surface area contributed by atoms with E-state index in [-0.39, 0.29) is 16.1 Å². The molecule has 1 N–H and O–H groups in total. The van der Waals surface area contributed by atoms with Gasteiger partial charge >= 0.3 is 0 Å². The first kappa shape index (κ1) is 16.4. The highest BCUT2D eigenvalue weighted by atomic mass is 35.5. The summed E-state index contributed by atoms with van der Waals surface area (Å²) in [7, 11) is 0. The van der Waals surface area contributed by atoms with E-state index in [1.165, 1.54) is 0 Å². The van der Waals surface area contributed by atoms with Crippen LogP contribution in [0.4, 0.5) is 10.1 Å². The molecule has 5 heteroatoms. The standard InChI is InChI=1S/C16H15Cl3FN/c1-2-3-15(10-4-6-11(17)7-5-10)21-12-8-13(18)16(20)14(19)9-12/h4-9,15,21H,2-3H2,1H3. The van der Waals surface area contributed by atoms with E-state index in [0.717, 1.165) is 18.4 Å². The van der Waals surface area contributed by atoms with Gasteiger partial charge in [0.2, 0.25) is 0 Å². The minimum atomic E-state index is -0.595. The van der Waals surface area contributed by atoms with E-state index >= 15 is 0 Å². The Morgan fingerprint density at radius 3 is 2.14 bits per heavy atom. The molecule has 21 heavy (non-hydrogen) atoms. The van der Waals surface area contributed by atoms with Crippen LogP contribution in [0, 0.1) is 5.82 Å². The third-order valence-electron chi connectivity index (χ3n) is 3.17. The van der Waals surface area contributed by atoms with Crippen molar-refractivity contribution in [3.8, 4) is 0 Å². The lowest BCUT2D eigenvalue weighted by Gasteiger charge is -2.20. The molecule has 0 saturated carbocycles. The molecule has 0 aliphatic heterocycles. The van der Waals surface area contributed by atoms with Crippen LogP contribution < -0.4 is 5.32 Å². The summed E-state index contributed by atoms with van der Waals surface area (Å²) in [5, 5.41) is 4.06. The van der Waals surface area contributed by atoms with E-state index < -0.39 is 5.82 Å². The average molecular weight is 347 g/mol. The maximum absolute atomic E-state index is 13.5. The fourth-order valence-corrected chi connectivity index (χ4v) is 2.76. The van der Waals surface area contributed by atoms with Crippen LogP contribution in [0.1, 0.15) is 31.4 Å². The van der Waals surface area contributed by atoms with E-state index in [0.29, 0.717) is 10.7 Å². The largest absolute Gasteiger partial charge is 0.378 e. The van der Waals surface area contributed by atoms with Gasteiger partial charge in [0.05, 0.1) is 16.1 Å². The number of hydrogen-bond acceptors (Lipinski definition) is 1. The van der Waals surface area contributed by atoms with Crippen LogP contribution in [0.25, 0.3) is 0 Å². The Balaban J connectivity index is 2.26. The molecule has 2 aromatic rings. The minimum absolute atomic E-state index is 0.0105. The van der Waals surface area contributed by atoms with Crippen molar-refractivity contribution in [3.05, 3.63) is 62.8 Å². The maximum Gasteiger partial charge on any atom is 0.160 e. The lowest BCUT2D eigenvalue weighted by Crippen LogP contribution is -2.10. The summed E-state index contributed by atoms with van der Waals surface area (Å²) in [4.78, 5) is 0. The molecule has 0 aromatic heterocycles. The normalized spacial score (nSPS) is 12.2.